The molecule has 1 heterocycles. The molecule has 0 aliphatic carbocycles. The van der Waals surface area contributed by atoms with E-state index in [0.29, 0.717) is 32.7 Å². The highest BCUT2D eigenvalue weighted by atomic mass is 19.1. The summed E-state index contributed by atoms with van der Waals surface area (Å²) >= 11 is 0. The third kappa shape index (κ3) is 4.93. The van der Waals surface area contributed by atoms with Crippen molar-refractivity contribution in [2.45, 2.75) is 13.0 Å². The molecular formula is C16H17FN2O2. The van der Waals surface area contributed by atoms with Crippen molar-refractivity contribution in [1.29, 1.82) is 5.26 Å². The zero-order valence-electron chi connectivity index (χ0n) is 11.7. The molecule has 0 saturated carbocycles. The Morgan fingerprint density at radius 3 is 2.76 bits per heavy atom. The number of para-hydroxylation sites is 1. The first-order valence-corrected chi connectivity index (χ1v) is 6.78. The molecule has 4 nitrogen and oxygen atoms in total. The Morgan fingerprint density at radius 1 is 1.19 bits per heavy atom. The maximum atomic E-state index is 13.4. The van der Waals surface area contributed by atoms with Crippen molar-refractivity contribution in [2.75, 3.05) is 19.7 Å². The van der Waals surface area contributed by atoms with E-state index >= 15 is 0 Å². The van der Waals surface area contributed by atoms with Gasteiger partial charge < -0.3 is 9.15 Å². The smallest absolute Gasteiger partial charge is 0.165 e. The predicted molar refractivity (Wildman–Crippen MR) is 76.1 cm³/mol. The summed E-state index contributed by atoms with van der Waals surface area (Å²) in [5.74, 6) is 0.710. The zero-order valence-corrected chi connectivity index (χ0v) is 11.7. The number of benzene rings is 1. The Hall–Kier alpha value is -2.32. The third-order valence-electron chi connectivity index (χ3n) is 3.00. The fraction of sp³-hybridized carbons (Fsp3) is 0.312. The van der Waals surface area contributed by atoms with Crippen LogP contribution in [0.1, 0.15) is 12.2 Å². The molecule has 0 saturated heterocycles. The minimum atomic E-state index is -0.368. The average Bonchev–Trinajstić information content (AvgIpc) is 2.99. The monoisotopic (exact) mass is 288 g/mol. The van der Waals surface area contributed by atoms with Crippen LogP contribution >= 0.6 is 0 Å². The highest BCUT2D eigenvalue weighted by Crippen LogP contribution is 2.15. The van der Waals surface area contributed by atoms with Crippen LogP contribution in [0.2, 0.25) is 0 Å². The lowest BCUT2D eigenvalue weighted by atomic mass is 10.3. The molecule has 0 radical (unpaired) electrons. The number of ether oxygens (including phenoxy) is 1. The average molecular weight is 288 g/mol. The fourth-order valence-corrected chi connectivity index (χ4v) is 1.95. The van der Waals surface area contributed by atoms with Gasteiger partial charge >= 0.3 is 0 Å². The van der Waals surface area contributed by atoms with Crippen molar-refractivity contribution in [1.82, 2.24) is 4.90 Å². The second-order valence-electron chi connectivity index (χ2n) is 4.54. The molecule has 0 fully saturated rings. The number of rotatable bonds is 8. The van der Waals surface area contributed by atoms with E-state index in [2.05, 4.69) is 6.07 Å². The minimum Gasteiger partial charge on any atom is -0.489 e. The molecular weight excluding hydrogens is 271 g/mol. The first-order valence-electron chi connectivity index (χ1n) is 6.78. The van der Waals surface area contributed by atoms with E-state index in [1.807, 2.05) is 17.0 Å². The lowest BCUT2D eigenvalue weighted by Gasteiger charge is -2.20. The first-order chi connectivity index (χ1) is 10.3. The maximum Gasteiger partial charge on any atom is 0.165 e. The summed E-state index contributed by atoms with van der Waals surface area (Å²) in [6.07, 6.45) is 2.05. The van der Waals surface area contributed by atoms with Gasteiger partial charge in [0.1, 0.15) is 12.4 Å². The number of nitriles is 1. The molecule has 0 aliphatic rings. The van der Waals surface area contributed by atoms with Crippen molar-refractivity contribution in [2.24, 2.45) is 0 Å². The summed E-state index contributed by atoms with van der Waals surface area (Å²) in [6.45, 7) is 2.18. The summed E-state index contributed by atoms with van der Waals surface area (Å²) in [6, 6.07) is 12.2. The zero-order chi connectivity index (χ0) is 14.9. The molecule has 0 bridgehead atoms. The van der Waals surface area contributed by atoms with Crippen LogP contribution in [0.25, 0.3) is 0 Å². The summed E-state index contributed by atoms with van der Waals surface area (Å²) < 4.78 is 24.2. The van der Waals surface area contributed by atoms with Gasteiger partial charge in [-0.25, -0.2) is 4.39 Å². The van der Waals surface area contributed by atoms with Crippen LogP contribution < -0.4 is 4.74 Å². The van der Waals surface area contributed by atoms with Gasteiger partial charge in [0, 0.05) is 19.5 Å². The molecule has 21 heavy (non-hydrogen) atoms. The molecule has 1 aromatic heterocycles. The van der Waals surface area contributed by atoms with Crippen LogP contribution in [0.15, 0.2) is 47.1 Å². The Balaban J connectivity index is 1.84. The summed E-state index contributed by atoms with van der Waals surface area (Å²) in [5.41, 5.74) is 0. The Morgan fingerprint density at radius 2 is 2.05 bits per heavy atom. The normalized spacial score (nSPS) is 10.5. The lowest BCUT2D eigenvalue weighted by Crippen LogP contribution is -2.29. The van der Waals surface area contributed by atoms with Gasteiger partial charge in [-0.1, -0.05) is 12.1 Å². The molecule has 2 rings (SSSR count). The molecule has 1 aromatic carbocycles. The van der Waals surface area contributed by atoms with Gasteiger partial charge in [0.05, 0.1) is 18.9 Å². The van der Waals surface area contributed by atoms with Crippen molar-refractivity contribution >= 4 is 0 Å². The SMILES string of the molecule is N#CCCN(CCOc1ccccc1F)Cc1ccco1. The molecule has 110 valence electrons. The largest absolute Gasteiger partial charge is 0.489 e. The number of hydrogen-bond donors (Lipinski definition) is 0. The molecule has 0 amide bonds. The first kappa shape index (κ1) is 15.1. The quantitative estimate of drug-likeness (QED) is 0.748. The van der Waals surface area contributed by atoms with Crippen LogP contribution in [-0.2, 0) is 6.54 Å². The highest BCUT2D eigenvalue weighted by Gasteiger charge is 2.09. The van der Waals surface area contributed by atoms with Crippen LogP contribution in [0.3, 0.4) is 0 Å². The molecule has 0 N–H and O–H groups in total. The molecule has 0 spiro atoms. The van der Waals surface area contributed by atoms with Gasteiger partial charge in [0.25, 0.3) is 0 Å². The molecule has 0 unspecified atom stereocenters. The van der Waals surface area contributed by atoms with Gasteiger partial charge in [-0.2, -0.15) is 5.26 Å². The van der Waals surface area contributed by atoms with Gasteiger partial charge in [-0.05, 0) is 24.3 Å². The van der Waals surface area contributed by atoms with E-state index in [1.165, 1.54) is 6.07 Å². The van der Waals surface area contributed by atoms with Crippen molar-refractivity contribution in [3.05, 3.63) is 54.2 Å². The lowest BCUT2D eigenvalue weighted by molar-refractivity contribution is 0.191. The summed E-state index contributed by atoms with van der Waals surface area (Å²) in [4.78, 5) is 2.04. The van der Waals surface area contributed by atoms with E-state index in [1.54, 1.807) is 24.5 Å². The number of halogens is 1. The predicted octanol–water partition coefficient (Wildman–Crippen LogP) is 3.21. The molecule has 0 atom stereocenters. The third-order valence-corrected chi connectivity index (χ3v) is 3.00. The van der Waals surface area contributed by atoms with E-state index in [9.17, 15) is 4.39 Å². The van der Waals surface area contributed by atoms with Crippen molar-refractivity contribution in [3.8, 4) is 11.8 Å². The number of furan rings is 1. The molecule has 5 heteroatoms. The highest BCUT2D eigenvalue weighted by molar-refractivity contribution is 5.23. The summed E-state index contributed by atoms with van der Waals surface area (Å²) in [5, 5.41) is 8.70. The molecule has 0 aliphatic heterocycles. The maximum absolute atomic E-state index is 13.4. The van der Waals surface area contributed by atoms with Crippen molar-refractivity contribution < 1.29 is 13.5 Å². The Labute approximate surface area is 123 Å². The van der Waals surface area contributed by atoms with Gasteiger partial charge in [-0.3, -0.25) is 4.90 Å². The van der Waals surface area contributed by atoms with Crippen LogP contribution in [0, 0.1) is 17.1 Å². The second kappa shape index (κ2) is 8.08. The van der Waals surface area contributed by atoms with E-state index < -0.39 is 0 Å². The topological polar surface area (TPSA) is 49.4 Å². The Bertz CT molecular complexity index is 578. The van der Waals surface area contributed by atoms with E-state index in [-0.39, 0.29) is 11.6 Å². The fourth-order valence-electron chi connectivity index (χ4n) is 1.95. The standard InChI is InChI=1S/C16H17FN2O2/c17-15-6-1-2-7-16(15)21-12-10-19(9-4-8-18)13-14-5-3-11-20-14/h1-3,5-7,11H,4,9-10,12-13H2. The van der Waals surface area contributed by atoms with Gasteiger partial charge in [-0.15, -0.1) is 0 Å². The Kier molecular flexibility index (Phi) is 5.80. The van der Waals surface area contributed by atoms with Crippen LogP contribution in [0.5, 0.6) is 5.75 Å². The van der Waals surface area contributed by atoms with E-state index in [0.717, 1.165) is 5.76 Å². The van der Waals surface area contributed by atoms with Gasteiger partial charge in [0.15, 0.2) is 11.6 Å². The van der Waals surface area contributed by atoms with Gasteiger partial charge in [0.2, 0.25) is 0 Å². The second-order valence-corrected chi connectivity index (χ2v) is 4.54. The van der Waals surface area contributed by atoms with Crippen LogP contribution in [0.4, 0.5) is 4.39 Å². The molecule has 2 aromatic rings. The van der Waals surface area contributed by atoms with E-state index in [4.69, 9.17) is 14.4 Å². The minimum absolute atomic E-state index is 0.246. The number of hydrogen-bond acceptors (Lipinski definition) is 4. The van der Waals surface area contributed by atoms with Crippen LogP contribution in [-0.4, -0.2) is 24.6 Å². The number of nitrogens with zero attached hydrogens (tertiary/aromatic N) is 2. The van der Waals surface area contributed by atoms with Crippen molar-refractivity contribution in [3.63, 3.8) is 0 Å². The summed E-state index contributed by atoms with van der Waals surface area (Å²) in [7, 11) is 0.